The first-order chi connectivity index (χ1) is 11.8. The van der Waals surface area contributed by atoms with Gasteiger partial charge in [0.25, 0.3) is 0 Å². The van der Waals surface area contributed by atoms with Gasteiger partial charge >= 0.3 is 0 Å². The van der Waals surface area contributed by atoms with Crippen LogP contribution in [0.15, 0.2) is 63.1 Å². The van der Waals surface area contributed by atoms with E-state index in [-0.39, 0.29) is 0 Å². The molecule has 24 heavy (non-hydrogen) atoms. The summed E-state index contributed by atoms with van der Waals surface area (Å²) in [5.41, 5.74) is 1.80. The summed E-state index contributed by atoms with van der Waals surface area (Å²) in [6.45, 7) is 0. The second kappa shape index (κ2) is 6.32. The lowest BCUT2D eigenvalue weighted by molar-refractivity contribution is 0.413. The molecule has 0 aliphatic carbocycles. The van der Waals surface area contributed by atoms with Crippen molar-refractivity contribution in [1.82, 2.24) is 24.9 Å². The maximum atomic E-state index is 5.30. The lowest BCUT2D eigenvalue weighted by Gasteiger charge is -2.02. The zero-order valence-corrected chi connectivity index (χ0v) is 13.6. The number of furan rings is 1. The van der Waals surface area contributed by atoms with Crippen LogP contribution in [0.1, 0.15) is 5.69 Å². The van der Waals surface area contributed by atoms with E-state index in [4.69, 9.17) is 8.94 Å². The molecular weight excluding hydrogens is 326 g/mol. The van der Waals surface area contributed by atoms with Gasteiger partial charge in [0.2, 0.25) is 5.76 Å². The van der Waals surface area contributed by atoms with Gasteiger partial charge in [0.05, 0.1) is 12.0 Å². The Labute approximate surface area is 141 Å². The predicted octanol–water partition coefficient (Wildman–Crippen LogP) is 3.42. The van der Waals surface area contributed by atoms with Gasteiger partial charge in [0, 0.05) is 36.8 Å². The summed E-state index contributed by atoms with van der Waals surface area (Å²) >= 11 is 1.55. The molecule has 0 fully saturated rings. The quantitative estimate of drug-likeness (QED) is 0.515. The Morgan fingerprint density at radius 1 is 1.12 bits per heavy atom. The summed E-state index contributed by atoms with van der Waals surface area (Å²) in [5.74, 6) is 2.71. The summed E-state index contributed by atoms with van der Waals surface area (Å²) in [6.07, 6.45) is 5.08. The van der Waals surface area contributed by atoms with Crippen molar-refractivity contribution >= 4 is 11.8 Å². The number of nitrogens with zero attached hydrogens (tertiary/aromatic N) is 5. The highest BCUT2D eigenvalue weighted by atomic mass is 32.2. The van der Waals surface area contributed by atoms with Crippen molar-refractivity contribution in [3.05, 3.63) is 54.7 Å². The molecule has 0 radical (unpaired) electrons. The number of aromatic nitrogens is 5. The molecule has 0 bridgehead atoms. The molecule has 7 nitrogen and oxygen atoms in total. The Morgan fingerprint density at radius 2 is 2.00 bits per heavy atom. The van der Waals surface area contributed by atoms with Crippen LogP contribution in [0.2, 0.25) is 0 Å². The molecular formula is C16H13N5O2S. The fourth-order valence-electron chi connectivity index (χ4n) is 2.25. The number of rotatable bonds is 5. The average molecular weight is 339 g/mol. The minimum absolute atomic E-state index is 0.617. The molecule has 0 atom stereocenters. The standard InChI is InChI=1S/C16H13N5O2S/c1-21-15(11-4-6-17-7-5-11)18-19-16(21)24-10-12-9-14(23-20-12)13-3-2-8-22-13/h2-9H,10H2,1H3. The summed E-state index contributed by atoms with van der Waals surface area (Å²) in [7, 11) is 1.94. The molecule has 120 valence electrons. The Kier molecular flexibility index (Phi) is 3.87. The van der Waals surface area contributed by atoms with Crippen molar-refractivity contribution < 1.29 is 8.94 Å². The molecule has 4 rings (SSSR count). The van der Waals surface area contributed by atoms with Gasteiger partial charge in [0.1, 0.15) is 0 Å². The molecule has 0 aliphatic heterocycles. The van der Waals surface area contributed by atoms with Crippen LogP contribution in [0, 0.1) is 0 Å². The van der Waals surface area contributed by atoms with Crippen molar-refractivity contribution in [2.45, 2.75) is 10.9 Å². The topological polar surface area (TPSA) is 82.8 Å². The molecule has 0 saturated carbocycles. The van der Waals surface area contributed by atoms with E-state index in [2.05, 4.69) is 20.3 Å². The summed E-state index contributed by atoms with van der Waals surface area (Å²) in [4.78, 5) is 4.02. The normalized spacial score (nSPS) is 11.0. The third-order valence-corrected chi connectivity index (χ3v) is 4.50. The van der Waals surface area contributed by atoms with Crippen LogP contribution < -0.4 is 0 Å². The zero-order valence-electron chi connectivity index (χ0n) is 12.8. The molecule has 0 amide bonds. The first kappa shape index (κ1) is 14.7. The van der Waals surface area contributed by atoms with Crippen molar-refractivity contribution in [3.8, 4) is 22.9 Å². The van der Waals surface area contributed by atoms with E-state index < -0.39 is 0 Å². The van der Waals surface area contributed by atoms with E-state index in [1.54, 1.807) is 30.4 Å². The van der Waals surface area contributed by atoms with Gasteiger partial charge in [-0.1, -0.05) is 16.9 Å². The van der Waals surface area contributed by atoms with Crippen LogP contribution in [-0.4, -0.2) is 24.9 Å². The second-order valence-corrected chi connectivity index (χ2v) is 5.99. The van der Waals surface area contributed by atoms with Gasteiger partial charge in [-0.05, 0) is 24.3 Å². The van der Waals surface area contributed by atoms with Crippen LogP contribution in [0.25, 0.3) is 22.9 Å². The van der Waals surface area contributed by atoms with E-state index >= 15 is 0 Å². The van der Waals surface area contributed by atoms with E-state index in [0.717, 1.165) is 22.2 Å². The second-order valence-electron chi connectivity index (χ2n) is 5.05. The molecule has 4 aromatic heterocycles. The Bertz CT molecular complexity index is 931. The third kappa shape index (κ3) is 2.83. The van der Waals surface area contributed by atoms with Gasteiger partial charge in [-0.15, -0.1) is 10.2 Å². The van der Waals surface area contributed by atoms with Gasteiger partial charge in [0.15, 0.2) is 16.7 Å². The van der Waals surface area contributed by atoms with Crippen LogP contribution in [0.4, 0.5) is 0 Å². The van der Waals surface area contributed by atoms with Crippen LogP contribution in [-0.2, 0) is 12.8 Å². The van der Waals surface area contributed by atoms with Crippen molar-refractivity contribution in [3.63, 3.8) is 0 Å². The molecule has 0 spiro atoms. The molecule has 8 heteroatoms. The van der Waals surface area contributed by atoms with E-state index in [0.29, 0.717) is 17.3 Å². The van der Waals surface area contributed by atoms with Crippen LogP contribution >= 0.6 is 11.8 Å². The van der Waals surface area contributed by atoms with Crippen molar-refractivity contribution in [2.75, 3.05) is 0 Å². The Balaban J connectivity index is 1.48. The van der Waals surface area contributed by atoms with Gasteiger partial charge < -0.3 is 13.5 Å². The van der Waals surface area contributed by atoms with E-state index in [1.165, 1.54) is 0 Å². The van der Waals surface area contributed by atoms with E-state index in [1.807, 2.05) is 41.9 Å². The fourth-order valence-corrected chi connectivity index (χ4v) is 3.04. The van der Waals surface area contributed by atoms with Crippen LogP contribution in [0.3, 0.4) is 0 Å². The average Bonchev–Trinajstić information content (AvgIpc) is 3.35. The molecule has 0 N–H and O–H groups in total. The predicted molar refractivity (Wildman–Crippen MR) is 88.0 cm³/mol. The summed E-state index contributed by atoms with van der Waals surface area (Å²) < 4.78 is 12.5. The summed E-state index contributed by atoms with van der Waals surface area (Å²) in [5, 5.41) is 13.4. The maximum Gasteiger partial charge on any atom is 0.202 e. The highest BCUT2D eigenvalue weighted by molar-refractivity contribution is 7.98. The molecule has 0 saturated heterocycles. The highest BCUT2D eigenvalue weighted by Gasteiger charge is 2.13. The maximum absolute atomic E-state index is 5.30. The molecule has 0 aromatic carbocycles. The van der Waals surface area contributed by atoms with Gasteiger partial charge in [-0.2, -0.15) is 0 Å². The SMILES string of the molecule is Cn1c(SCc2cc(-c3ccco3)on2)nnc1-c1ccncc1. The van der Waals surface area contributed by atoms with Crippen molar-refractivity contribution in [2.24, 2.45) is 7.05 Å². The first-order valence-electron chi connectivity index (χ1n) is 7.23. The van der Waals surface area contributed by atoms with E-state index in [9.17, 15) is 0 Å². The molecule has 0 aliphatic rings. The zero-order chi connectivity index (χ0) is 16.4. The fraction of sp³-hybridized carbons (Fsp3) is 0.125. The Morgan fingerprint density at radius 3 is 2.79 bits per heavy atom. The highest BCUT2D eigenvalue weighted by Crippen LogP contribution is 2.27. The Hall–Kier alpha value is -2.87. The largest absolute Gasteiger partial charge is 0.461 e. The third-order valence-electron chi connectivity index (χ3n) is 3.45. The minimum atomic E-state index is 0.617. The van der Waals surface area contributed by atoms with Gasteiger partial charge in [-0.25, -0.2) is 0 Å². The number of hydrogen-bond acceptors (Lipinski definition) is 7. The molecule has 4 aromatic rings. The smallest absolute Gasteiger partial charge is 0.202 e. The monoisotopic (exact) mass is 339 g/mol. The lowest BCUT2D eigenvalue weighted by Crippen LogP contribution is -1.95. The first-order valence-corrected chi connectivity index (χ1v) is 8.22. The van der Waals surface area contributed by atoms with Crippen molar-refractivity contribution in [1.29, 1.82) is 0 Å². The lowest BCUT2D eigenvalue weighted by atomic mass is 10.2. The molecule has 4 heterocycles. The molecule has 0 unspecified atom stereocenters. The minimum Gasteiger partial charge on any atom is -0.461 e. The number of thioether (sulfide) groups is 1. The number of pyridine rings is 1. The van der Waals surface area contributed by atoms with Crippen LogP contribution in [0.5, 0.6) is 0 Å². The summed E-state index contributed by atoms with van der Waals surface area (Å²) in [6, 6.07) is 9.33. The van der Waals surface area contributed by atoms with Gasteiger partial charge in [-0.3, -0.25) is 4.98 Å². The number of hydrogen-bond donors (Lipinski definition) is 0.